The van der Waals surface area contributed by atoms with Crippen molar-refractivity contribution < 1.29 is 9.47 Å². The molecule has 2 aromatic carbocycles. The molecule has 154 valence electrons. The van der Waals surface area contributed by atoms with Crippen molar-refractivity contribution in [1.29, 1.82) is 0 Å². The predicted molar refractivity (Wildman–Crippen MR) is 127 cm³/mol. The Morgan fingerprint density at radius 3 is 2.37 bits per heavy atom. The summed E-state index contributed by atoms with van der Waals surface area (Å²) >= 11 is 2.38. The Bertz CT molecular complexity index is 1160. The van der Waals surface area contributed by atoms with Gasteiger partial charge in [-0.25, -0.2) is 4.98 Å². The Morgan fingerprint density at radius 2 is 1.73 bits per heavy atom. The highest BCUT2D eigenvalue weighted by Gasteiger charge is 2.14. The third kappa shape index (κ3) is 4.18. The molecule has 8 heteroatoms. The number of hydrogen-bond donors (Lipinski definition) is 0. The molecule has 0 bridgehead atoms. The minimum Gasteiger partial charge on any atom is -0.497 e. The first-order chi connectivity index (χ1) is 14.6. The molecule has 0 saturated heterocycles. The average molecular weight is 515 g/mol. The summed E-state index contributed by atoms with van der Waals surface area (Å²) in [6.07, 6.45) is 5.52. The van der Waals surface area contributed by atoms with Crippen LogP contribution in [0.5, 0.6) is 11.5 Å². The maximum absolute atomic E-state index is 5.46. The highest BCUT2D eigenvalue weighted by Crippen LogP contribution is 2.34. The molecule has 0 amide bonds. The Kier molecular flexibility index (Phi) is 6.03. The number of halogens is 1. The first kappa shape index (κ1) is 20.4. The van der Waals surface area contributed by atoms with E-state index in [1.54, 1.807) is 31.3 Å². The standard InChI is InChI=1S/C22H22IN5O2/c1-27-14-15(12-25-27)22-13-24-20-5-4-16(10-21(20)26-22)28(7-6-23)17-8-18(29-2)11-19(9-17)30-3/h4-5,8-14H,6-7H2,1-3H3. The van der Waals surface area contributed by atoms with Crippen LogP contribution in [0.3, 0.4) is 0 Å². The summed E-state index contributed by atoms with van der Waals surface area (Å²) in [6, 6.07) is 12.0. The molecule has 0 aliphatic carbocycles. The van der Waals surface area contributed by atoms with Crippen LogP contribution in [0.1, 0.15) is 0 Å². The third-order valence-corrected chi connectivity index (χ3v) is 5.28. The summed E-state index contributed by atoms with van der Waals surface area (Å²) in [5, 5.41) is 4.23. The number of fused-ring (bicyclic) bond motifs is 1. The van der Waals surface area contributed by atoms with Gasteiger partial charge in [-0.05, 0) is 18.2 Å². The Labute approximate surface area is 188 Å². The molecule has 0 aliphatic heterocycles. The third-order valence-electron chi connectivity index (χ3n) is 4.79. The van der Waals surface area contributed by atoms with Crippen LogP contribution in [-0.2, 0) is 7.05 Å². The van der Waals surface area contributed by atoms with Gasteiger partial charge in [0.1, 0.15) is 11.5 Å². The van der Waals surface area contributed by atoms with Crippen LogP contribution in [0.2, 0.25) is 0 Å². The summed E-state index contributed by atoms with van der Waals surface area (Å²) in [6.45, 7) is 0.831. The number of alkyl halides is 1. The van der Waals surface area contributed by atoms with Crippen LogP contribution in [0.15, 0.2) is 55.0 Å². The summed E-state index contributed by atoms with van der Waals surface area (Å²) < 4.78 is 13.6. The number of nitrogens with zero attached hydrogens (tertiary/aromatic N) is 5. The molecule has 7 nitrogen and oxygen atoms in total. The molecular formula is C22H22IN5O2. The summed E-state index contributed by atoms with van der Waals surface area (Å²) in [4.78, 5) is 11.6. The molecule has 0 fully saturated rings. The molecule has 2 aromatic heterocycles. The zero-order chi connectivity index (χ0) is 21.1. The topological polar surface area (TPSA) is 65.3 Å². The Balaban J connectivity index is 1.78. The molecule has 0 saturated carbocycles. The van der Waals surface area contributed by atoms with Crippen LogP contribution in [0.25, 0.3) is 22.3 Å². The van der Waals surface area contributed by atoms with Gasteiger partial charge in [-0.1, -0.05) is 22.6 Å². The van der Waals surface area contributed by atoms with E-state index in [0.717, 1.165) is 56.1 Å². The number of hydrogen-bond acceptors (Lipinski definition) is 6. The fourth-order valence-corrected chi connectivity index (χ4v) is 3.78. The zero-order valence-electron chi connectivity index (χ0n) is 17.0. The van der Waals surface area contributed by atoms with Crippen molar-refractivity contribution in [1.82, 2.24) is 19.7 Å². The van der Waals surface area contributed by atoms with Gasteiger partial charge in [0.05, 0.1) is 43.3 Å². The lowest BCUT2D eigenvalue weighted by Gasteiger charge is -2.25. The van der Waals surface area contributed by atoms with E-state index in [9.17, 15) is 0 Å². The van der Waals surface area contributed by atoms with Gasteiger partial charge < -0.3 is 14.4 Å². The zero-order valence-corrected chi connectivity index (χ0v) is 19.2. The van der Waals surface area contributed by atoms with Gasteiger partial charge in [-0.3, -0.25) is 9.67 Å². The normalized spacial score (nSPS) is 10.9. The number of methoxy groups -OCH3 is 2. The van der Waals surface area contributed by atoms with Crippen LogP contribution in [0.4, 0.5) is 11.4 Å². The van der Waals surface area contributed by atoms with Gasteiger partial charge in [0.15, 0.2) is 0 Å². The number of ether oxygens (including phenoxy) is 2. The molecule has 0 unspecified atom stereocenters. The molecule has 4 aromatic rings. The van der Waals surface area contributed by atoms with Gasteiger partial charge in [-0.15, -0.1) is 0 Å². The van der Waals surface area contributed by atoms with E-state index in [-0.39, 0.29) is 0 Å². The molecule has 0 N–H and O–H groups in total. The SMILES string of the molecule is COc1cc(OC)cc(N(CCI)c2ccc3ncc(-c4cnn(C)c4)nc3c2)c1. The summed E-state index contributed by atoms with van der Waals surface area (Å²) in [7, 11) is 5.21. The van der Waals surface area contributed by atoms with Gasteiger partial charge in [-0.2, -0.15) is 5.10 Å². The predicted octanol–water partition coefficient (Wildman–Crippen LogP) is 4.62. The lowest BCUT2D eigenvalue weighted by molar-refractivity contribution is 0.394. The van der Waals surface area contributed by atoms with Crippen LogP contribution in [0, 0.1) is 0 Å². The fourth-order valence-electron chi connectivity index (χ4n) is 3.30. The Morgan fingerprint density at radius 1 is 0.967 bits per heavy atom. The molecule has 0 radical (unpaired) electrons. The number of aromatic nitrogens is 4. The van der Waals surface area contributed by atoms with Crippen molar-refractivity contribution in [2.75, 3.05) is 30.1 Å². The van der Waals surface area contributed by atoms with E-state index in [1.807, 2.05) is 37.5 Å². The highest BCUT2D eigenvalue weighted by atomic mass is 127. The molecule has 2 heterocycles. The summed E-state index contributed by atoms with van der Waals surface area (Å²) in [5.41, 5.74) is 5.46. The van der Waals surface area contributed by atoms with Crippen molar-refractivity contribution >= 4 is 45.0 Å². The highest BCUT2D eigenvalue weighted by molar-refractivity contribution is 14.1. The first-order valence-electron chi connectivity index (χ1n) is 9.43. The van der Waals surface area contributed by atoms with Gasteiger partial charge in [0, 0.05) is 59.4 Å². The molecule has 4 rings (SSSR count). The largest absolute Gasteiger partial charge is 0.497 e. The molecule has 30 heavy (non-hydrogen) atoms. The monoisotopic (exact) mass is 515 g/mol. The number of benzene rings is 2. The van der Waals surface area contributed by atoms with E-state index in [4.69, 9.17) is 14.5 Å². The maximum atomic E-state index is 5.46. The van der Waals surface area contributed by atoms with E-state index >= 15 is 0 Å². The van der Waals surface area contributed by atoms with Gasteiger partial charge in [0.25, 0.3) is 0 Å². The average Bonchev–Trinajstić information content (AvgIpc) is 3.22. The molecule has 0 spiro atoms. The second kappa shape index (κ2) is 8.86. The fraction of sp³-hybridized carbons (Fsp3) is 0.227. The number of anilines is 2. The smallest absolute Gasteiger partial charge is 0.124 e. The van der Waals surface area contributed by atoms with Crippen molar-refractivity contribution in [3.05, 3.63) is 55.0 Å². The van der Waals surface area contributed by atoms with Crippen LogP contribution >= 0.6 is 22.6 Å². The maximum Gasteiger partial charge on any atom is 0.124 e. The van der Waals surface area contributed by atoms with Gasteiger partial charge in [0.2, 0.25) is 0 Å². The second-order valence-electron chi connectivity index (χ2n) is 6.74. The van der Waals surface area contributed by atoms with Crippen molar-refractivity contribution in [2.24, 2.45) is 7.05 Å². The van der Waals surface area contributed by atoms with E-state index in [2.05, 4.69) is 49.7 Å². The minimum absolute atomic E-state index is 0.752. The van der Waals surface area contributed by atoms with Gasteiger partial charge >= 0.3 is 0 Å². The molecule has 0 aliphatic rings. The van der Waals surface area contributed by atoms with E-state index < -0.39 is 0 Å². The number of rotatable bonds is 7. The number of aryl methyl sites for hydroxylation is 1. The summed E-state index contributed by atoms with van der Waals surface area (Å²) in [5.74, 6) is 1.50. The molecule has 0 atom stereocenters. The lowest BCUT2D eigenvalue weighted by Crippen LogP contribution is -2.19. The van der Waals surface area contributed by atoms with E-state index in [1.165, 1.54) is 0 Å². The van der Waals surface area contributed by atoms with Crippen molar-refractivity contribution in [3.8, 4) is 22.8 Å². The first-order valence-corrected chi connectivity index (χ1v) is 11.0. The van der Waals surface area contributed by atoms with Crippen molar-refractivity contribution in [2.45, 2.75) is 0 Å². The quantitative estimate of drug-likeness (QED) is 0.265. The minimum atomic E-state index is 0.752. The van der Waals surface area contributed by atoms with Crippen molar-refractivity contribution in [3.63, 3.8) is 0 Å². The Hall–Kier alpha value is -2.88. The second-order valence-corrected chi connectivity index (χ2v) is 7.82. The van der Waals surface area contributed by atoms with Crippen LogP contribution in [-0.4, -0.2) is 44.9 Å². The lowest BCUT2D eigenvalue weighted by atomic mass is 10.2. The molecular weight excluding hydrogens is 493 g/mol. The van der Waals surface area contributed by atoms with E-state index in [0.29, 0.717) is 0 Å². The van der Waals surface area contributed by atoms with Crippen LogP contribution < -0.4 is 14.4 Å².